The first-order valence-corrected chi connectivity index (χ1v) is 6.11. The number of piperazine rings is 1. The second-order valence-corrected chi connectivity index (χ2v) is 5.13. The van der Waals surface area contributed by atoms with Crippen molar-refractivity contribution in [2.24, 2.45) is 0 Å². The highest BCUT2D eigenvalue weighted by Crippen LogP contribution is 2.19. The van der Waals surface area contributed by atoms with Gasteiger partial charge in [0.05, 0.1) is 6.54 Å². The van der Waals surface area contributed by atoms with Gasteiger partial charge in [-0.25, -0.2) is 9.78 Å². The Bertz CT molecular complexity index is 385. The lowest BCUT2D eigenvalue weighted by atomic mass is 10.3. The van der Waals surface area contributed by atoms with Gasteiger partial charge in [0.2, 0.25) is 0 Å². The van der Waals surface area contributed by atoms with Crippen molar-refractivity contribution in [3.63, 3.8) is 0 Å². The Morgan fingerprint density at radius 3 is 2.81 bits per heavy atom. The summed E-state index contributed by atoms with van der Waals surface area (Å²) in [4.78, 5) is 18.1. The van der Waals surface area contributed by atoms with Gasteiger partial charge in [-0.2, -0.15) is 0 Å². The standard InChI is InChI=1S/C10H15N3O2S/c1-7-9(10(14)15)12-8(16-7)6-13-4-2-11-3-5-13/h11H,2-6H2,1H3,(H,14,15). The van der Waals surface area contributed by atoms with Gasteiger partial charge in [-0.1, -0.05) is 0 Å². The number of carboxylic acid groups (broad SMARTS) is 1. The zero-order valence-electron chi connectivity index (χ0n) is 9.19. The summed E-state index contributed by atoms with van der Waals surface area (Å²) >= 11 is 1.48. The van der Waals surface area contributed by atoms with E-state index in [1.807, 2.05) is 6.92 Å². The molecule has 88 valence electrons. The van der Waals surface area contributed by atoms with Crippen molar-refractivity contribution < 1.29 is 9.90 Å². The van der Waals surface area contributed by atoms with Crippen molar-refractivity contribution in [1.82, 2.24) is 15.2 Å². The van der Waals surface area contributed by atoms with E-state index in [-0.39, 0.29) is 5.69 Å². The predicted molar refractivity (Wildman–Crippen MR) is 62.0 cm³/mol. The van der Waals surface area contributed by atoms with E-state index in [1.54, 1.807) is 0 Å². The van der Waals surface area contributed by atoms with Gasteiger partial charge in [-0.05, 0) is 6.92 Å². The van der Waals surface area contributed by atoms with Crippen molar-refractivity contribution in [3.05, 3.63) is 15.6 Å². The summed E-state index contributed by atoms with van der Waals surface area (Å²) < 4.78 is 0. The molecule has 1 aromatic rings. The number of hydrogen-bond acceptors (Lipinski definition) is 5. The van der Waals surface area contributed by atoms with Crippen LogP contribution in [-0.2, 0) is 6.54 Å². The van der Waals surface area contributed by atoms with Gasteiger partial charge in [0, 0.05) is 31.1 Å². The summed E-state index contributed by atoms with van der Waals surface area (Å²) in [6, 6.07) is 0. The number of hydrogen-bond donors (Lipinski definition) is 2. The molecule has 16 heavy (non-hydrogen) atoms. The minimum Gasteiger partial charge on any atom is -0.476 e. The summed E-state index contributed by atoms with van der Waals surface area (Å²) in [6.07, 6.45) is 0. The average molecular weight is 241 g/mol. The molecule has 0 atom stereocenters. The molecule has 6 heteroatoms. The topological polar surface area (TPSA) is 65.5 Å². The van der Waals surface area contributed by atoms with E-state index in [2.05, 4.69) is 15.2 Å². The Hall–Kier alpha value is -0.980. The van der Waals surface area contributed by atoms with E-state index in [1.165, 1.54) is 11.3 Å². The van der Waals surface area contributed by atoms with Crippen LogP contribution in [0.25, 0.3) is 0 Å². The molecule has 0 spiro atoms. The fourth-order valence-corrected chi connectivity index (χ4v) is 2.75. The zero-order chi connectivity index (χ0) is 11.5. The van der Waals surface area contributed by atoms with Gasteiger partial charge in [0.25, 0.3) is 0 Å². The van der Waals surface area contributed by atoms with Gasteiger partial charge in [0.1, 0.15) is 5.01 Å². The molecule has 0 unspecified atom stereocenters. The maximum atomic E-state index is 10.8. The van der Waals surface area contributed by atoms with Crippen LogP contribution in [0.5, 0.6) is 0 Å². The molecule has 0 radical (unpaired) electrons. The van der Waals surface area contributed by atoms with Crippen molar-refractivity contribution in [2.75, 3.05) is 26.2 Å². The third kappa shape index (κ3) is 2.58. The molecule has 1 saturated heterocycles. The number of rotatable bonds is 3. The Morgan fingerprint density at radius 2 is 2.25 bits per heavy atom. The molecule has 2 heterocycles. The summed E-state index contributed by atoms with van der Waals surface area (Å²) in [6.45, 7) is 6.57. The molecule has 0 bridgehead atoms. The predicted octanol–water partition coefficient (Wildman–Crippen LogP) is 0.555. The Kier molecular flexibility index (Phi) is 3.52. The second-order valence-electron chi connectivity index (χ2n) is 3.84. The van der Waals surface area contributed by atoms with Gasteiger partial charge in [-0.15, -0.1) is 11.3 Å². The van der Waals surface area contributed by atoms with Crippen LogP contribution >= 0.6 is 11.3 Å². The van der Waals surface area contributed by atoms with Crippen LogP contribution in [0.2, 0.25) is 0 Å². The quantitative estimate of drug-likeness (QED) is 0.809. The van der Waals surface area contributed by atoms with Crippen LogP contribution in [-0.4, -0.2) is 47.1 Å². The fraction of sp³-hybridized carbons (Fsp3) is 0.600. The molecule has 0 aliphatic carbocycles. The monoisotopic (exact) mass is 241 g/mol. The Morgan fingerprint density at radius 1 is 1.56 bits per heavy atom. The highest BCUT2D eigenvalue weighted by Gasteiger charge is 2.17. The first-order chi connectivity index (χ1) is 7.66. The van der Waals surface area contributed by atoms with Gasteiger partial charge in [-0.3, -0.25) is 4.90 Å². The first-order valence-electron chi connectivity index (χ1n) is 5.29. The Labute approximate surface area is 98.1 Å². The van der Waals surface area contributed by atoms with Crippen LogP contribution in [0.3, 0.4) is 0 Å². The molecule has 0 saturated carbocycles. The van der Waals surface area contributed by atoms with Crippen molar-refractivity contribution in [2.45, 2.75) is 13.5 Å². The van der Waals surface area contributed by atoms with Crippen LogP contribution in [0, 0.1) is 6.92 Å². The Balaban J connectivity index is 2.03. The van der Waals surface area contributed by atoms with E-state index in [9.17, 15) is 4.79 Å². The molecule has 0 amide bonds. The summed E-state index contributed by atoms with van der Waals surface area (Å²) in [5, 5.41) is 13.1. The summed E-state index contributed by atoms with van der Waals surface area (Å²) in [5.41, 5.74) is 0.204. The van der Waals surface area contributed by atoms with Crippen LogP contribution in [0.4, 0.5) is 0 Å². The number of carboxylic acids is 1. The largest absolute Gasteiger partial charge is 0.476 e. The normalized spacial score (nSPS) is 17.6. The van der Waals surface area contributed by atoms with E-state index in [0.717, 1.165) is 42.6 Å². The van der Waals surface area contributed by atoms with Gasteiger partial charge < -0.3 is 10.4 Å². The number of nitrogens with one attached hydrogen (secondary N) is 1. The van der Waals surface area contributed by atoms with E-state index in [4.69, 9.17) is 5.11 Å². The number of aryl methyl sites for hydroxylation is 1. The third-order valence-electron chi connectivity index (χ3n) is 2.61. The smallest absolute Gasteiger partial charge is 0.355 e. The van der Waals surface area contributed by atoms with Crippen LogP contribution < -0.4 is 5.32 Å². The van der Waals surface area contributed by atoms with Crippen LogP contribution in [0.1, 0.15) is 20.4 Å². The molecular weight excluding hydrogens is 226 g/mol. The third-order valence-corrected chi connectivity index (χ3v) is 3.57. The second kappa shape index (κ2) is 4.90. The molecule has 1 fully saturated rings. The molecule has 2 N–H and O–H groups in total. The lowest BCUT2D eigenvalue weighted by molar-refractivity contribution is 0.0690. The number of nitrogens with zero attached hydrogens (tertiary/aromatic N) is 2. The molecule has 1 aliphatic rings. The highest BCUT2D eigenvalue weighted by atomic mass is 32.1. The van der Waals surface area contributed by atoms with Crippen molar-refractivity contribution in [1.29, 1.82) is 0 Å². The van der Waals surface area contributed by atoms with Crippen molar-refractivity contribution >= 4 is 17.3 Å². The fourth-order valence-electron chi connectivity index (χ4n) is 1.78. The van der Waals surface area contributed by atoms with Crippen LogP contribution in [0.15, 0.2) is 0 Å². The number of aromatic nitrogens is 1. The lowest BCUT2D eigenvalue weighted by Gasteiger charge is -2.26. The number of thiazole rings is 1. The first kappa shape index (κ1) is 11.5. The average Bonchev–Trinajstić information content (AvgIpc) is 2.61. The SMILES string of the molecule is Cc1sc(CN2CCNCC2)nc1C(=O)O. The van der Waals surface area contributed by atoms with Gasteiger partial charge >= 0.3 is 5.97 Å². The minimum atomic E-state index is -0.930. The molecular formula is C10H15N3O2S. The van der Waals surface area contributed by atoms with E-state index in [0.29, 0.717) is 0 Å². The molecule has 1 aromatic heterocycles. The van der Waals surface area contributed by atoms with Crippen molar-refractivity contribution in [3.8, 4) is 0 Å². The molecule has 0 aromatic carbocycles. The van der Waals surface area contributed by atoms with E-state index < -0.39 is 5.97 Å². The summed E-state index contributed by atoms with van der Waals surface area (Å²) in [5.74, 6) is -0.930. The molecule has 2 rings (SSSR count). The van der Waals surface area contributed by atoms with Gasteiger partial charge in [0.15, 0.2) is 5.69 Å². The minimum absolute atomic E-state index is 0.204. The van der Waals surface area contributed by atoms with E-state index >= 15 is 0 Å². The maximum absolute atomic E-state index is 10.8. The summed E-state index contributed by atoms with van der Waals surface area (Å²) in [7, 11) is 0. The zero-order valence-corrected chi connectivity index (χ0v) is 10.0. The lowest BCUT2D eigenvalue weighted by Crippen LogP contribution is -2.42. The number of aromatic carboxylic acids is 1. The number of carbonyl (C=O) groups is 1. The molecule has 5 nitrogen and oxygen atoms in total. The highest BCUT2D eigenvalue weighted by molar-refractivity contribution is 7.11. The molecule has 1 aliphatic heterocycles. The maximum Gasteiger partial charge on any atom is 0.355 e.